The molecule has 0 aromatic carbocycles. The van der Waals surface area contributed by atoms with Gasteiger partial charge in [-0.15, -0.1) is 0 Å². The van der Waals surface area contributed by atoms with Gasteiger partial charge < -0.3 is 5.32 Å². The maximum atomic E-state index is 6.20. The van der Waals surface area contributed by atoms with E-state index in [4.69, 9.17) is 11.6 Å². The lowest BCUT2D eigenvalue weighted by Crippen LogP contribution is -2.20. The number of anilines is 1. The summed E-state index contributed by atoms with van der Waals surface area (Å²) >= 11 is 6.20. The lowest BCUT2D eigenvalue weighted by atomic mass is 9.97. The first-order valence-corrected chi connectivity index (χ1v) is 7.79. The molecule has 104 valence electrons. The molecule has 1 heterocycles. The molecule has 3 nitrogen and oxygen atoms in total. The van der Waals surface area contributed by atoms with Crippen molar-refractivity contribution in [1.29, 1.82) is 0 Å². The Morgan fingerprint density at radius 3 is 2.37 bits per heavy atom. The smallest absolute Gasteiger partial charge is 0.138 e. The second kappa shape index (κ2) is 5.28. The summed E-state index contributed by atoms with van der Waals surface area (Å²) < 4.78 is 0. The van der Waals surface area contributed by atoms with Crippen molar-refractivity contribution < 1.29 is 0 Å². The van der Waals surface area contributed by atoms with E-state index < -0.39 is 0 Å². The summed E-state index contributed by atoms with van der Waals surface area (Å²) in [4.78, 5) is 8.48. The molecule has 1 aromatic heterocycles. The molecule has 4 heteroatoms. The fourth-order valence-corrected chi connectivity index (χ4v) is 3.36. The second-order valence-corrected chi connectivity index (χ2v) is 6.66. The van der Waals surface area contributed by atoms with E-state index in [1.807, 2.05) is 0 Å². The number of rotatable bonds is 6. The second-order valence-electron chi connectivity index (χ2n) is 6.30. The summed E-state index contributed by atoms with van der Waals surface area (Å²) in [7, 11) is 0. The van der Waals surface area contributed by atoms with Crippen molar-refractivity contribution in [2.24, 2.45) is 17.8 Å². The average Bonchev–Trinajstić information content (AvgIpc) is 3.23. The Morgan fingerprint density at radius 2 is 1.84 bits per heavy atom. The van der Waals surface area contributed by atoms with Crippen LogP contribution in [0.3, 0.4) is 0 Å². The van der Waals surface area contributed by atoms with Crippen LogP contribution in [-0.2, 0) is 0 Å². The number of aromatic nitrogens is 2. The van der Waals surface area contributed by atoms with Crippen LogP contribution in [-0.4, -0.2) is 16.5 Å². The van der Waals surface area contributed by atoms with Gasteiger partial charge in [-0.2, -0.15) is 0 Å². The van der Waals surface area contributed by atoms with E-state index in [0.29, 0.717) is 11.1 Å². The molecule has 2 aliphatic carbocycles. The largest absolute Gasteiger partial charge is 0.369 e. The fourth-order valence-electron chi connectivity index (χ4n) is 3.01. The lowest BCUT2D eigenvalue weighted by molar-refractivity contribution is 0.427. The maximum absolute atomic E-state index is 6.20. The molecule has 0 atom stereocenters. The van der Waals surface area contributed by atoms with Gasteiger partial charge in [-0.05, 0) is 49.4 Å². The predicted molar refractivity (Wildman–Crippen MR) is 78.6 cm³/mol. The Hall–Kier alpha value is -0.830. The normalized spacial score (nSPS) is 19.2. The highest BCUT2D eigenvalue weighted by atomic mass is 35.5. The summed E-state index contributed by atoms with van der Waals surface area (Å²) in [5.41, 5.74) is 1.05. The minimum absolute atomic E-state index is 0.344. The van der Waals surface area contributed by atoms with Crippen LogP contribution >= 0.6 is 11.6 Å². The Labute approximate surface area is 120 Å². The third-order valence-corrected chi connectivity index (χ3v) is 4.67. The van der Waals surface area contributed by atoms with E-state index in [0.717, 1.165) is 35.7 Å². The topological polar surface area (TPSA) is 37.8 Å². The zero-order valence-corrected chi connectivity index (χ0v) is 12.5. The molecule has 1 aromatic rings. The Morgan fingerprint density at radius 1 is 1.21 bits per heavy atom. The van der Waals surface area contributed by atoms with Gasteiger partial charge in [-0.1, -0.05) is 25.4 Å². The van der Waals surface area contributed by atoms with Gasteiger partial charge in [0.1, 0.15) is 17.3 Å². The summed E-state index contributed by atoms with van der Waals surface area (Å²) in [5, 5.41) is 4.13. The van der Waals surface area contributed by atoms with Crippen LogP contribution in [0.2, 0.25) is 5.15 Å². The van der Waals surface area contributed by atoms with Gasteiger partial charge >= 0.3 is 0 Å². The number of nitrogens with one attached hydrogen (secondary N) is 1. The molecule has 2 fully saturated rings. The third kappa shape index (κ3) is 3.02. The van der Waals surface area contributed by atoms with Gasteiger partial charge in [0.25, 0.3) is 0 Å². The monoisotopic (exact) mass is 279 g/mol. The van der Waals surface area contributed by atoms with Gasteiger partial charge in [0, 0.05) is 12.1 Å². The molecule has 0 amide bonds. The highest BCUT2D eigenvalue weighted by molar-refractivity contribution is 6.30. The molecule has 2 aliphatic rings. The van der Waals surface area contributed by atoms with Crippen LogP contribution in [0.15, 0.2) is 6.33 Å². The third-order valence-electron chi connectivity index (χ3n) is 4.37. The van der Waals surface area contributed by atoms with Crippen LogP contribution in [0.25, 0.3) is 0 Å². The minimum atomic E-state index is 0.344. The predicted octanol–water partition coefficient (Wildman–Crippen LogP) is 4.10. The molecule has 2 saturated carbocycles. The van der Waals surface area contributed by atoms with Gasteiger partial charge in [0.05, 0.1) is 0 Å². The zero-order valence-electron chi connectivity index (χ0n) is 11.7. The molecule has 0 radical (unpaired) electrons. The number of halogens is 1. The van der Waals surface area contributed by atoms with E-state index in [-0.39, 0.29) is 0 Å². The van der Waals surface area contributed by atoms with Crippen molar-refractivity contribution in [2.75, 3.05) is 11.9 Å². The van der Waals surface area contributed by atoms with Crippen LogP contribution in [0.5, 0.6) is 0 Å². The molecular weight excluding hydrogens is 258 g/mol. The van der Waals surface area contributed by atoms with Crippen LogP contribution < -0.4 is 5.32 Å². The first-order chi connectivity index (χ1) is 9.16. The van der Waals surface area contributed by atoms with Crippen LogP contribution in [0.4, 0.5) is 5.82 Å². The van der Waals surface area contributed by atoms with Gasteiger partial charge in [-0.25, -0.2) is 9.97 Å². The molecule has 0 aliphatic heterocycles. The van der Waals surface area contributed by atoms with E-state index in [2.05, 4.69) is 29.1 Å². The molecular formula is C15H22ClN3. The minimum Gasteiger partial charge on any atom is -0.369 e. The van der Waals surface area contributed by atoms with Gasteiger partial charge in [-0.3, -0.25) is 0 Å². The van der Waals surface area contributed by atoms with Crippen molar-refractivity contribution >= 4 is 17.4 Å². The van der Waals surface area contributed by atoms with E-state index in [1.165, 1.54) is 25.7 Å². The van der Waals surface area contributed by atoms with E-state index in [9.17, 15) is 0 Å². The quantitative estimate of drug-likeness (QED) is 0.797. The SMILES string of the molecule is CC(C)c1c(Cl)ncnc1NCC(C1CC1)C1CC1. The molecule has 19 heavy (non-hydrogen) atoms. The van der Waals surface area contributed by atoms with Gasteiger partial charge in [0.15, 0.2) is 0 Å². The molecule has 1 N–H and O–H groups in total. The van der Waals surface area contributed by atoms with Gasteiger partial charge in [0.2, 0.25) is 0 Å². The highest BCUT2D eigenvalue weighted by Crippen LogP contribution is 2.49. The first-order valence-electron chi connectivity index (χ1n) is 7.41. The number of hydrogen-bond acceptors (Lipinski definition) is 3. The Kier molecular flexibility index (Phi) is 3.66. The Bertz CT molecular complexity index is 441. The molecule has 0 saturated heterocycles. The standard InChI is InChI=1S/C15H22ClN3/c1-9(2)13-14(16)18-8-19-15(13)17-7-12(10-3-4-10)11-5-6-11/h8-12H,3-7H2,1-2H3,(H,17,18,19). The van der Waals surface area contributed by atoms with Crippen molar-refractivity contribution in [3.63, 3.8) is 0 Å². The molecule has 0 bridgehead atoms. The van der Waals surface area contributed by atoms with Crippen molar-refractivity contribution in [1.82, 2.24) is 9.97 Å². The van der Waals surface area contributed by atoms with Crippen molar-refractivity contribution in [3.8, 4) is 0 Å². The maximum Gasteiger partial charge on any atom is 0.138 e. The molecule has 0 unspecified atom stereocenters. The van der Waals surface area contributed by atoms with Crippen molar-refractivity contribution in [2.45, 2.75) is 45.4 Å². The lowest BCUT2D eigenvalue weighted by Gasteiger charge is -2.19. The summed E-state index contributed by atoms with van der Waals surface area (Å²) in [6.07, 6.45) is 7.24. The van der Waals surface area contributed by atoms with E-state index in [1.54, 1.807) is 6.33 Å². The first kappa shape index (κ1) is 13.2. The zero-order chi connectivity index (χ0) is 13.4. The molecule has 3 rings (SSSR count). The fraction of sp³-hybridized carbons (Fsp3) is 0.733. The number of nitrogens with zero attached hydrogens (tertiary/aromatic N) is 2. The summed E-state index contributed by atoms with van der Waals surface area (Å²) in [6, 6.07) is 0. The highest BCUT2D eigenvalue weighted by Gasteiger charge is 2.41. The summed E-state index contributed by atoms with van der Waals surface area (Å²) in [6.45, 7) is 5.31. The van der Waals surface area contributed by atoms with Crippen molar-refractivity contribution in [3.05, 3.63) is 17.0 Å². The number of hydrogen-bond donors (Lipinski definition) is 1. The summed E-state index contributed by atoms with van der Waals surface area (Å²) in [5.74, 6) is 4.03. The van der Waals surface area contributed by atoms with E-state index >= 15 is 0 Å². The Balaban J connectivity index is 1.70. The van der Waals surface area contributed by atoms with Crippen LogP contribution in [0.1, 0.15) is 51.0 Å². The average molecular weight is 280 g/mol. The molecule has 0 spiro atoms. The van der Waals surface area contributed by atoms with Crippen LogP contribution in [0, 0.1) is 17.8 Å².